The molecule has 3 unspecified atom stereocenters. The summed E-state index contributed by atoms with van der Waals surface area (Å²) in [5.41, 5.74) is 0. The first kappa shape index (κ1) is 11.1. The molecular formula is C8H16BO3S. The third kappa shape index (κ3) is 4.69. The SMILES string of the molecule is [3H][B]SOCC(C)C(OC)C(C)C=O. The first-order chi connectivity index (χ1) is 6.67. The van der Waals surface area contributed by atoms with E-state index in [-0.39, 0.29) is 17.9 Å². The molecule has 1 radical (unpaired) electrons. The Morgan fingerprint density at radius 1 is 1.69 bits per heavy atom. The minimum Gasteiger partial charge on any atom is -0.380 e. The molecule has 3 atom stereocenters. The highest BCUT2D eigenvalue weighted by atomic mass is 32.2. The summed E-state index contributed by atoms with van der Waals surface area (Å²) >= 11 is 0.981. The van der Waals surface area contributed by atoms with Crippen molar-refractivity contribution >= 4 is 25.3 Å². The molecule has 0 aliphatic heterocycles. The maximum Gasteiger partial charge on any atom is 0.209 e. The van der Waals surface area contributed by atoms with E-state index in [0.29, 0.717) is 6.61 Å². The Morgan fingerprint density at radius 3 is 2.85 bits per heavy atom. The van der Waals surface area contributed by atoms with Crippen molar-refractivity contribution < 1.29 is 13.7 Å². The van der Waals surface area contributed by atoms with Crippen molar-refractivity contribution in [3.8, 4) is 0 Å². The fourth-order valence-electron chi connectivity index (χ4n) is 1.28. The monoisotopic (exact) mass is 205 g/mol. The molecule has 0 saturated heterocycles. The molecule has 5 heteroatoms. The van der Waals surface area contributed by atoms with Crippen molar-refractivity contribution in [3.63, 3.8) is 0 Å². The zero-order valence-electron chi connectivity index (χ0n) is 9.23. The summed E-state index contributed by atoms with van der Waals surface area (Å²) in [7, 11) is 2.71. The zero-order chi connectivity index (χ0) is 11.0. The van der Waals surface area contributed by atoms with E-state index in [2.05, 4.69) is 0 Å². The molecule has 0 aliphatic carbocycles. The minimum atomic E-state index is -0.136. The predicted molar refractivity (Wildman–Crippen MR) is 55.9 cm³/mol. The third-order valence-electron chi connectivity index (χ3n) is 1.96. The highest BCUT2D eigenvalue weighted by molar-refractivity contribution is 8.15. The van der Waals surface area contributed by atoms with Gasteiger partial charge in [-0.3, -0.25) is 0 Å². The lowest BCUT2D eigenvalue weighted by Gasteiger charge is -2.24. The van der Waals surface area contributed by atoms with E-state index in [1.54, 1.807) is 7.11 Å². The highest BCUT2D eigenvalue weighted by Gasteiger charge is 2.23. The van der Waals surface area contributed by atoms with Gasteiger partial charge in [-0.15, -0.1) is 0 Å². The zero-order valence-corrected chi connectivity index (χ0v) is 9.04. The second kappa shape index (κ2) is 7.41. The lowest BCUT2D eigenvalue weighted by atomic mass is 9.95. The number of carbonyl (C=O) groups excluding carboxylic acids is 1. The van der Waals surface area contributed by atoms with Gasteiger partial charge in [-0.25, -0.2) is 0 Å². The van der Waals surface area contributed by atoms with Gasteiger partial charge in [0.1, 0.15) is 6.29 Å². The summed E-state index contributed by atoms with van der Waals surface area (Å²) in [6.07, 6.45) is 0.757. The van der Waals surface area contributed by atoms with Gasteiger partial charge in [0.05, 0.1) is 12.7 Å². The van der Waals surface area contributed by atoms with Gasteiger partial charge in [-0.1, -0.05) is 25.7 Å². The average Bonchev–Trinajstić information content (AvgIpc) is 2.19. The standard InChI is InChI=1S/C8H16BO3S/c1-6(4-10)8(11-3)7(2)5-12-13-9/h4,6-9H,5H2,1-3H3/i9T. The van der Waals surface area contributed by atoms with E-state index in [1.165, 1.54) is 0 Å². The van der Waals surface area contributed by atoms with Gasteiger partial charge >= 0.3 is 0 Å². The number of aldehydes is 1. The van der Waals surface area contributed by atoms with Gasteiger partial charge in [0.2, 0.25) is 7.09 Å². The van der Waals surface area contributed by atoms with E-state index < -0.39 is 0 Å². The Kier molecular flexibility index (Phi) is 6.32. The van der Waals surface area contributed by atoms with Crippen LogP contribution in [0.1, 0.15) is 13.8 Å². The Balaban J connectivity index is 3.90. The van der Waals surface area contributed by atoms with Crippen molar-refractivity contribution in [2.24, 2.45) is 11.8 Å². The summed E-state index contributed by atoms with van der Waals surface area (Å²) < 4.78 is 17.1. The normalized spacial score (nSPS) is 18.5. The van der Waals surface area contributed by atoms with E-state index >= 15 is 0 Å². The molecular weight excluding hydrogens is 187 g/mol. The summed E-state index contributed by atoms with van der Waals surface area (Å²) in [6, 6.07) is 0. The predicted octanol–water partition coefficient (Wildman–Crippen LogP) is 0.953. The first-order valence-electron chi connectivity index (χ1n) is 4.71. The maximum atomic E-state index is 10.6. The summed E-state index contributed by atoms with van der Waals surface area (Å²) in [5.74, 6) is -0.00349. The molecule has 0 aromatic rings. The number of hydrogen-bond acceptors (Lipinski definition) is 4. The molecule has 0 rings (SSSR count). The Hall–Kier alpha value is 0.00494. The third-order valence-corrected chi connectivity index (χ3v) is 2.24. The van der Waals surface area contributed by atoms with Crippen LogP contribution in [0.15, 0.2) is 0 Å². The smallest absolute Gasteiger partial charge is 0.209 e. The number of ether oxygens (including phenoxy) is 1. The van der Waals surface area contributed by atoms with Crippen LogP contribution in [0.3, 0.4) is 0 Å². The molecule has 0 aliphatic rings. The van der Waals surface area contributed by atoms with Crippen LogP contribution in [0, 0.1) is 11.8 Å². The molecule has 0 amide bonds. The van der Waals surface area contributed by atoms with Gasteiger partial charge < -0.3 is 13.7 Å². The van der Waals surface area contributed by atoms with Crippen molar-refractivity contribution in [2.75, 3.05) is 13.7 Å². The molecule has 13 heavy (non-hydrogen) atoms. The van der Waals surface area contributed by atoms with Crippen LogP contribution in [0.5, 0.6) is 0 Å². The molecule has 0 bridgehead atoms. The minimum absolute atomic E-state index is 0.126. The Labute approximate surface area is 86.4 Å². The van der Waals surface area contributed by atoms with Gasteiger partial charge in [-0.2, -0.15) is 0 Å². The van der Waals surface area contributed by atoms with Crippen LogP contribution < -0.4 is 0 Å². The van der Waals surface area contributed by atoms with E-state index in [0.717, 1.165) is 25.3 Å². The number of methoxy groups -OCH3 is 1. The van der Waals surface area contributed by atoms with Crippen molar-refractivity contribution in [1.29, 1.82) is 1.34 Å². The molecule has 3 nitrogen and oxygen atoms in total. The lowest BCUT2D eigenvalue weighted by molar-refractivity contribution is -0.116. The second-order valence-corrected chi connectivity index (χ2v) is 3.48. The molecule has 0 fully saturated rings. The molecule has 0 N–H and O–H groups in total. The first-order valence-corrected chi connectivity index (χ1v) is 4.94. The van der Waals surface area contributed by atoms with Crippen LogP contribution in [0.25, 0.3) is 0 Å². The molecule has 75 valence electrons. The van der Waals surface area contributed by atoms with Crippen molar-refractivity contribution in [1.82, 2.24) is 0 Å². The topological polar surface area (TPSA) is 35.5 Å². The Bertz CT molecular complexity index is 162. The van der Waals surface area contributed by atoms with Gasteiger partial charge in [0.15, 0.2) is 0 Å². The van der Waals surface area contributed by atoms with Crippen LogP contribution in [-0.4, -0.2) is 34.5 Å². The number of hydrogen-bond donors (Lipinski definition) is 0. The van der Waals surface area contributed by atoms with Crippen molar-refractivity contribution in [3.05, 3.63) is 0 Å². The fourth-order valence-corrected chi connectivity index (χ4v) is 1.58. The summed E-state index contributed by atoms with van der Waals surface area (Å²) in [5, 5.41) is 0. The molecule has 0 saturated carbocycles. The second-order valence-electron chi connectivity index (χ2n) is 3.05. The largest absolute Gasteiger partial charge is 0.380 e. The molecule has 0 aromatic carbocycles. The van der Waals surface area contributed by atoms with Crippen LogP contribution in [0.4, 0.5) is 0 Å². The van der Waals surface area contributed by atoms with E-state index in [9.17, 15) is 4.79 Å². The molecule has 0 heterocycles. The van der Waals surface area contributed by atoms with Crippen LogP contribution in [-0.2, 0) is 13.7 Å². The van der Waals surface area contributed by atoms with E-state index in [1.807, 2.05) is 13.8 Å². The van der Waals surface area contributed by atoms with Gasteiger partial charge in [-0.05, 0) is 1.34 Å². The quantitative estimate of drug-likeness (QED) is 0.256. The lowest BCUT2D eigenvalue weighted by Crippen LogP contribution is -2.31. The highest BCUT2D eigenvalue weighted by Crippen LogP contribution is 2.16. The maximum absolute atomic E-state index is 10.6. The van der Waals surface area contributed by atoms with Gasteiger partial charge in [0.25, 0.3) is 0 Å². The molecule has 0 spiro atoms. The molecule has 0 aromatic heterocycles. The number of carbonyl (C=O) groups is 1. The van der Waals surface area contributed by atoms with Crippen molar-refractivity contribution in [2.45, 2.75) is 20.0 Å². The van der Waals surface area contributed by atoms with Crippen LogP contribution in [0.2, 0.25) is 0 Å². The van der Waals surface area contributed by atoms with E-state index in [4.69, 9.17) is 10.3 Å². The van der Waals surface area contributed by atoms with Gasteiger partial charge in [0, 0.05) is 18.9 Å². The Morgan fingerprint density at radius 2 is 2.38 bits per heavy atom. The van der Waals surface area contributed by atoms with Crippen LogP contribution >= 0.6 is 11.9 Å². The summed E-state index contributed by atoms with van der Waals surface area (Å²) in [6.45, 7) is 4.25. The average molecular weight is 205 g/mol. The fraction of sp³-hybridized carbons (Fsp3) is 0.875. The number of rotatable bonds is 8. The summed E-state index contributed by atoms with van der Waals surface area (Å²) in [4.78, 5) is 10.6.